The van der Waals surface area contributed by atoms with Crippen LogP contribution < -0.4 is 0 Å². The zero-order valence-electron chi connectivity index (χ0n) is 11.5. The van der Waals surface area contributed by atoms with Gasteiger partial charge in [-0.1, -0.05) is 13.8 Å². The van der Waals surface area contributed by atoms with E-state index in [1.165, 1.54) is 13.0 Å². The number of carbonyl (C=O) groups excluding carboxylic acids is 1. The van der Waals surface area contributed by atoms with Crippen LogP contribution in [0.25, 0.3) is 5.00 Å². The first-order chi connectivity index (χ1) is 9.47. The van der Waals surface area contributed by atoms with E-state index >= 15 is 0 Å². The van der Waals surface area contributed by atoms with Gasteiger partial charge in [-0.3, -0.25) is 14.9 Å². The Bertz CT molecular complexity index is 672. The zero-order chi connectivity index (χ0) is 14.9. The van der Waals surface area contributed by atoms with E-state index in [0.717, 1.165) is 35.6 Å². The molecule has 0 aliphatic heterocycles. The first-order valence-corrected chi connectivity index (χ1v) is 7.16. The lowest BCUT2D eigenvalue weighted by atomic mass is 10.2. The van der Waals surface area contributed by atoms with E-state index in [0.29, 0.717) is 9.88 Å². The molecule has 0 fully saturated rings. The minimum Gasteiger partial charge on any atom is -0.294 e. The maximum atomic E-state index is 11.4. The van der Waals surface area contributed by atoms with Crippen LogP contribution in [-0.2, 0) is 12.8 Å². The molecule has 0 aliphatic rings. The second kappa shape index (κ2) is 5.54. The van der Waals surface area contributed by atoms with E-state index in [1.54, 1.807) is 4.68 Å². The molecule has 106 valence electrons. The van der Waals surface area contributed by atoms with Crippen LogP contribution in [0.1, 0.15) is 41.8 Å². The molecule has 2 heterocycles. The zero-order valence-corrected chi connectivity index (χ0v) is 12.4. The van der Waals surface area contributed by atoms with Crippen molar-refractivity contribution in [1.29, 1.82) is 0 Å². The van der Waals surface area contributed by atoms with E-state index in [1.807, 2.05) is 19.9 Å². The standard InChI is InChI=1S/C13H15N3O3S/c1-4-9-6-10(5-2)15(14-9)13-11(16(18)19)7-12(20-13)8(3)17/h6-7H,4-5H2,1-3H3. The molecule has 20 heavy (non-hydrogen) atoms. The number of thiophene rings is 1. The van der Waals surface area contributed by atoms with E-state index in [2.05, 4.69) is 5.10 Å². The fraction of sp³-hybridized carbons (Fsp3) is 0.385. The molecule has 0 amide bonds. The van der Waals surface area contributed by atoms with E-state index in [-0.39, 0.29) is 11.5 Å². The highest BCUT2D eigenvalue weighted by atomic mass is 32.1. The fourth-order valence-corrected chi connectivity index (χ4v) is 2.91. The van der Waals surface area contributed by atoms with Crippen molar-refractivity contribution in [3.63, 3.8) is 0 Å². The molecule has 0 atom stereocenters. The first-order valence-electron chi connectivity index (χ1n) is 6.35. The summed E-state index contributed by atoms with van der Waals surface area (Å²) in [5, 5.41) is 16.0. The predicted octanol–water partition coefficient (Wildman–Crippen LogP) is 3.17. The van der Waals surface area contributed by atoms with Gasteiger partial charge in [0.15, 0.2) is 10.8 Å². The summed E-state index contributed by atoms with van der Waals surface area (Å²) >= 11 is 1.11. The van der Waals surface area contributed by atoms with Crippen LogP contribution in [0.3, 0.4) is 0 Å². The third-order valence-corrected chi connectivity index (χ3v) is 4.19. The molecule has 2 aromatic heterocycles. The predicted molar refractivity (Wildman–Crippen MR) is 76.9 cm³/mol. The minimum atomic E-state index is -0.467. The number of Topliss-reactive ketones (excluding diaryl/α,β-unsaturated/α-hetero) is 1. The molecular formula is C13H15N3O3S. The van der Waals surface area contributed by atoms with Gasteiger partial charge in [0.25, 0.3) is 0 Å². The number of ketones is 1. The molecule has 0 aromatic carbocycles. The van der Waals surface area contributed by atoms with E-state index < -0.39 is 4.92 Å². The summed E-state index contributed by atoms with van der Waals surface area (Å²) in [6.45, 7) is 5.36. The van der Waals surface area contributed by atoms with Crippen LogP contribution in [0.4, 0.5) is 5.69 Å². The number of nitro groups is 1. The Morgan fingerprint density at radius 1 is 1.40 bits per heavy atom. The summed E-state index contributed by atoms with van der Waals surface area (Å²) < 4.78 is 1.59. The van der Waals surface area contributed by atoms with Crippen LogP contribution in [0.15, 0.2) is 12.1 Å². The third kappa shape index (κ3) is 2.49. The third-order valence-electron chi connectivity index (χ3n) is 2.99. The molecule has 6 nitrogen and oxygen atoms in total. The number of aryl methyl sites for hydroxylation is 2. The van der Waals surface area contributed by atoms with Crippen molar-refractivity contribution in [2.24, 2.45) is 0 Å². The lowest BCUT2D eigenvalue weighted by Gasteiger charge is -2.01. The lowest BCUT2D eigenvalue weighted by Crippen LogP contribution is -2.02. The van der Waals surface area contributed by atoms with Gasteiger partial charge in [-0.15, -0.1) is 11.3 Å². The Hall–Kier alpha value is -2.02. The average Bonchev–Trinajstić information content (AvgIpc) is 3.01. The molecule has 2 aromatic rings. The van der Waals surface area contributed by atoms with Crippen LogP contribution in [0.2, 0.25) is 0 Å². The highest BCUT2D eigenvalue weighted by Gasteiger charge is 2.24. The van der Waals surface area contributed by atoms with Gasteiger partial charge in [-0.25, -0.2) is 4.68 Å². The largest absolute Gasteiger partial charge is 0.306 e. The monoisotopic (exact) mass is 293 g/mol. The van der Waals surface area contributed by atoms with Gasteiger partial charge in [0.2, 0.25) is 0 Å². The molecule has 0 spiro atoms. The van der Waals surface area contributed by atoms with Crippen molar-refractivity contribution in [3.05, 3.63) is 38.5 Å². The van der Waals surface area contributed by atoms with Crippen LogP contribution in [-0.4, -0.2) is 20.5 Å². The molecule has 0 aliphatic carbocycles. The second-order valence-electron chi connectivity index (χ2n) is 4.36. The normalized spacial score (nSPS) is 10.8. The maximum Gasteiger partial charge on any atom is 0.306 e. The van der Waals surface area contributed by atoms with Gasteiger partial charge in [0.05, 0.1) is 15.5 Å². The quantitative estimate of drug-likeness (QED) is 0.482. The summed E-state index contributed by atoms with van der Waals surface area (Å²) in [5.41, 5.74) is 1.72. The van der Waals surface area contributed by atoms with E-state index in [4.69, 9.17) is 0 Å². The molecule has 0 N–H and O–H groups in total. The van der Waals surface area contributed by atoms with Crippen molar-refractivity contribution >= 4 is 22.8 Å². The van der Waals surface area contributed by atoms with Gasteiger partial charge < -0.3 is 0 Å². The van der Waals surface area contributed by atoms with Crippen LogP contribution in [0.5, 0.6) is 0 Å². The van der Waals surface area contributed by atoms with Gasteiger partial charge in [-0.05, 0) is 25.8 Å². The number of nitrogens with zero attached hydrogens (tertiary/aromatic N) is 3. The molecular weight excluding hydrogens is 278 g/mol. The van der Waals surface area contributed by atoms with Gasteiger partial charge in [0, 0.05) is 11.8 Å². The molecule has 0 radical (unpaired) electrons. The van der Waals surface area contributed by atoms with Gasteiger partial charge in [-0.2, -0.15) is 5.10 Å². The summed E-state index contributed by atoms with van der Waals surface area (Å²) in [6, 6.07) is 3.27. The van der Waals surface area contributed by atoms with Crippen molar-refractivity contribution in [1.82, 2.24) is 9.78 Å². The Kier molecular flexibility index (Phi) is 3.99. The molecule has 0 bridgehead atoms. The van der Waals surface area contributed by atoms with Crippen LogP contribution >= 0.6 is 11.3 Å². The molecule has 7 heteroatoms. The SMILES string of the molecule is CCc1cc(CC)n(-c2sc(C(C)=O)cc2[N+](=O)[O-])n1. The Labute approximate surface area is 120 Å². The topological polar surface area (TPSA) is 78.0 Å². The Morgan fingerprint density at radius 2 is 2.10 bits per heavy atom. The number of hydrogen-bond donors (Lipinski definition) is 0. The summed E-state index contributed by atoms with van der Waals surface area (Å²) in [5.74, 6) is -0.176. The smallest absolute Gasteiger partial charge is 0.294 e. The van der Waals surface area contributed by atoms with Crippen molar-refractivity contribution in [2.45, 2.75) is 33.6 Å². The van der Waals surface area contributed by atoms with Crippen molar-refractivity contribution in [3.8, 4) is 5.00 Å². The molecule has 0 saturated heterocycles. The van der Waals surface area contributed by atoms with Crippen molar-refractivity contribution < 1.29 is 9.72 Å². The molecule has 0 unspecified atom stereocenters. The summed E-state index contributed by atoms with van der Waals surface area (Å²) in [7, 11) is 0. The molecule has 2 rings (SSSR count). The van der Waals surface area contributed by atoms with Gasteiger partial charge in [0.1, 0.15) is 0 Å². The minimum absolute atomic E-state index is 0.0688. The number of carbonyl (C=O) groups is 1. The maximum absolute atomic E-state index is 11.4. The summed E-state index contributed by atoms with van der Waals surface area (Å²) in [6.07, 6.45) is 1.48. The number of hydrogen-bond acceptors (Lipinski definition) is 5. The average molecular weight is 293 g/mol. The van der Waals surface area contributed by atoms with Crippen LogP contribution in [0, 0.1) is 10.1 Å². The van der Waals surface area contributed by atoms with Gasteiger partial charge >= 0.3 is 5.69 Å². The highest BCUT2D eigenvalue weighted by Crippen LogP contribution is 2.33. The van der Waals surface area contributed by atoms with Crippen molar-refractivity contribution in [2.75, 3.05) is 0 Å². The fourth-order valence-electron chi connectivity index (χ4n) is 1.90. The Balaban J connectivity index is 2.64. The molecule has 0 saturated carbocycles. The highest BCUT2D eigenvalue weighted by molar-refractivity contribution is 7.17. The second-order valence-corrected chi connectivity index (χ2v) is 5.39. The number of aromatic nitrogens is 2. The van der Waals surface area contributed by atoms with E-state index in [9.17, 15) is 14.9 Å². The lowest BCUT2D eigenvalue weighted by molar-refractivity contribution is -0.384. The first kappa shape index (κ1) is 14.4. The summed E-state index contributed by atoms with van der Waals surface area (Å²) in [4.78, 5) is 22.5. The Morgan fingerprint density at radius 3 is 2.60 bits per heavy atom. The number of rotatable bonds is 5.